The van der Waals surface area contributed by atoms with Gasteiger partial charge < -0.3 is 15.6 Å². The second-order valence-electron chi connectivity index (χ2n) is 4.80. The highest BCUT2D eigenvalue weighted by Crippen LogP contribution is 2.13. The zero-order valence-corrected chi connectivity index (χ0v) is 10.9. The van der Waals surface area contributed by atoms with Gasteiger partial charge in [-0.2, -0.15) is 0 Å². The molecule has 0 spiro atoms. The SMILES string of the molecule is CCC(NC(=O)C1CCCCCN1)c1ncc[nH]1. The second kappa shape index (κ2) is 6.54. The smallest absolute Gasteiger partial charge is 0.237 e. The summed E-state index contributed by atoms with van der Waals surface area (Å²) in [5.41, 5.74) is 0. The standard InChI is InChI=1S/C13H22N4O/c1-2-10(12-15-8-9-16-12)17-13(18)11-6-4-3-5-7-14-11/h8-11,14H,2-7H2,1H3,(H,15,16)(H,17,18). The summed E-state index contributed by atoms with van der Waals surface area (Å²) >= 11 is 0. The lowest BCUT2D eigenvalue weighted by Crippen LogP contribution is -2.45. The van der Waals surface area contributed by atoms with Crippen LogP contribution in [0.3, 0.4) is 0 Å². The second-order valence-corrected chi connectivity index (χ2v) is 4.80. The van der Waals surface area contributed by atoms with Gasteiger partial charge in [0.15, 0.2) is 0 Å². The maximum Gasteiger partial charge on any atom is 0.237 e. The summed E-state index contributed by atoms with van der Waals surface area (Å²) in [6.07, 6.45) is 8.78. The molecule has 2 heterocycles. The van der Waals surface area contributed by atoms with Crippen molar-refractivity contribution in [1.29, 1.82) is 0 Å². The number of aromatic nitrogens is 2. The summed E-state index contributed by atoms with van der Waals surface area (Å²) in [6, 6.07) is -0.0611. The Balaban J connectivity index is 1.92. The van der Waals surface area contributed by atoms with Crippen LogP contribution in [0.15, 0.2) is 12.4 Å². The van der Waals surface area contributed by atoms with Gasteiger partial charge in [0.1, 0.15) is 5.82 Å². The largest absolute Gasteiger partial charge is 0.347 e. The molecule has 5 heteroatoms. The number of aromatic amines is 1. The van der Waals surface area contributed by atoms with Gasteiger partial charge in [-0.1, -0.05) is 19.8 Å². The average molecular weight is 250 g/mol. The third-order valence-corrected chi connectivity index (χ3v) is 3.45. The lowest BCUT2D eigenvalue weighted by atomic mass is 10.1. The van der Waals surface area contributed by atoms with Crippen molar-refractivity contribution in [1.82, 2.24) is 20.6 Å². The maximum atomic E-state index is 12.2. The molecule has 0 radical (unpaired) electrons. The van der Waals surface area contributed by atoms with Gasteiger partial charge in [-0.25, -0.2) is 4.98 Å². The number of carbonyl (C=O) groups excluding carboxylic acids is 1. The average Bonchev–Trinajstić information content (AvgIpc) is 2.77. The highest BCUT2D eigenvalue weighted by Gasteiger charge is 2.22. The van der Waals surface area contributed by atoms with Gasteiger partial charge in [-0.15, -0.1) is 0 Å². The lowest BCUT2D eigenvalue weighted by Gasteiger charge is -2.20. The predicted molar refractivity (Wildman–Crippen MR) is 70.0 cm³/mol. The van der Waals surface area contributed by atoms with Crippen molar-refractivity contribution in [2.24, 2.45) is 0 Å². The molecule has 18 heavy (non-hydrogen) atoms. The van der Waals surface area contributed by atoms with Gasteiger partial charge in [0.25, 0.3) is 0 Å². The molecule has 1 amide bonds. The van der Waals surface area contributed by atoms with Crippen LogP contribution in [0.2, 0.25) is 0 Å². The number of amides is 1. The Hall–Kier alpha value is -1.36. The number of H-pyrrole nitrogens is 1. The molecule has 0 saturated carbocycles. The van der Waals surface area contributed by atoms with Crippen LogP contribution in [-0.2, 0) is 4.79 Å². The maximum absolute atomic E-state index is 12.2. The van der Waals surface area contributed by atoms with Crippen molar-refractivity contribution >= 4 is 5.91 Å². The fraction of sp³-hybridized carbons (Fsp3) is 0.692. The quantitative estimate of drug-likeness (QED) is 0.758. The minimum absolute atomic E-state index is 0.0162. The number of nitrogens with zero attached hydrogens (tertiary/aromatic N) is 1. The first-order chi connectivity index (χ1) is 8.81. The van der Waals surface area contributed by atoms with E-state index in [0.717, 1.165) is 31.6 Å². The van der Waals surface area contributed by atoms with Crippen LogP contribution < -0.4 is 10.6 Å². The summed E-state index contributed by atoms with van der Waals surface area (Å²) in [5.74, 6) is 0.930. The highest BCUT2D eigenvalue weighted by atomic mass is 16.2. The summed E-state index contributed by atoms with van der Waals surface area (Å²) < 4.78 is 0. The van der Waals surface area contributed by atoms with Crippen LogP contribution in [-0.4, -0.2) is 28.5 Å². The van der Waals surface area contributed by atoms with Crippen LogP contribution in [0.25, 0.3) is 0 Å². The van der Waals surface area contributed by atoms with E-state index in [1.54, 1.807) is 12.4 Å². The summed E-state index contributed by atoms with van der Waals surface area (Å²) in [6.45, 7) is 2.99. The van der Waals surface area contributed by atoms with Gasteiger partial charge in [0.05, 0.1) is 12.1 Å². The van der Waals surface area contributed by atoms with Crippen molar-refractivity contribution in [3.05, 3.63) is 18.2 Å². The zero-order valence-electron chi connectivity index (χ0n) is 10.9. The van der Waals surface area contributed by atoms with E-state index in [9.17, 15) is 4.79 Å². The van der Waals surface area contributed by atoms with E-state index in [2.05, 4.69) is 20.6 Å². The minimum Gasteiger partial charge on any atom is -0.347 e. The van der Waals surface area contributed by atoms with Gasteiger partial charge in [0.2, 0.25) is 5.91 Å². The molecular formula is C13H22N4O. The molecule has 0 aromatic carbocycles. The fourth-order valence-corrected chi connectivity index (χ4v) is 2.36. The van der Waals surface area contributed by atoms with E-state index < -0.39 is 0 Å². The zero-order chi connectivity index (χ0) is 12.8. The summed E-state index contributed by atoms with van der Waals surface area (Å²) in [5, 5.41) is 6.38. The molecule has 100 valence electrons. The molecule has 1 aliphatic rings. The molecule has 1 aromatic rings. The Labute approximate surface area is 108 Å². The van der Waals surface area contributed by atoms with Crippen molar-refractivity contribution in [2.45, 2.75) is 51.1 Å². The molecule has 1 fully saturated rings. The monoisotopic (exact) mass is 250 g/mol. The lowest BCUT2D eigenvalue weighted by molar-refractivity contribution is -0.124. The Morgan fingerprint density at radius 2 is 2.44 bits per heavy atom. The van der Waals surface area contributed by atoms with E-state index in [1.807, 2.05) is 6.92 Å². The van der Waals surface area contributed by atoms with Crippen LogP contribution in [0.1, 0.15) is 50.9 Å². The normalized spacial score (nSPS) is 22.2. The number of nitrogens with one attached hydrogen (secondary N) is 3. The van der Waals surface area contributed by atoms with Crippen molar-refractivity contribution < 1.29 is 4.79 Å². The minimum atomic E-state index is -0.0449. The number of rotatable bonds is 4. The predicted octanol–water partition coefficient (Wildman–Crippen LogP) is 1.51. The Morgan fingerprint density at radius 1 is 1.56 bits per heavy atom. The van der Waals surface area contributed by atoms with Crippen molar-refractivity contribution in [3.8, 4) is 0 Å². The number of hydrogen-bond acceptors (Lipinski definition) is 3. The molecule has 0 aliphatic carbocycles. The van der Waals surface area contributed by atoms with E-state index in [0.29, 0.717) is 0 Å². The first-order valence-corrected chi connectivity index (χ1v) is 6.84. The van der Waals surface area contributed by atoms with E-state index in [1.165, 1.54) is 12.8 Å². The number of imidazole rings is 1. The molecule has 2 unspecified atom stereocenters. The first-order valence-electron chi connectivity index (χ1n) is 6.84. The molecule has 1 aliphatic heterocycles. The van der Waals surface area contributed by atoms with Gasteiger partial charge in [-0.05, 0) is 25.8 Å². The Kier molecular flexibility index (Phi) is 4.75. The van der Waals surface area contributed by atoms with Crippen molar-refractivity contribution in [3.63, 3.8) is 0 Å². The van der Waals surface area contributed by atoms with E-state index >= 15 is 0 Å². The molecular weight excluding hydrogens is 228 g/mol. The van der Waals surface area contributed by atoms with Crippen LogP contribution in [0, 0.1) is 0 Å². The van der Waals surface area contributed by atoms with Gasteiger partial charge >= 0.3 is 0 Å². The molecule has 2 rings (SSSR count). The van der Waals surface area contributed by atoms with Gasteiger partial charge in [0, 0.05) is 12.4 Å². The summed E-state index contributed by atoms with van der Waals surface area (Å²) in [4.78, 5) is 19.5. The van der Waals surface area contributed by atoms with Crippen LogP contribution >= 0.6 is 0 Å². The van der Waals surface area contributed by atoms with Gasteiger partial charge in [-0.3, -0.25) is 4.79 Å². The van der Waals surface area contributed by atoms with Crippen LogP contribution in [0.4, 0.5) is 0 Å². The Bertz CT molecular complexity index is 355. The van der Waals surface area contributed by atoms with E-state index in [-0.39, 0.29) is 18.0 Å². The third kappa shape index (κ3) is 3.32. The molecule has 5 nitrogen and oxygen atoms in total. The first kappa shape index (κ1) is 13.1. The molecule has 2 atom stereocenters. The van der Waals surface area contributed by atoms with Crippen molar-refractivity contribution in [2.75, 3.05) is 6.54 Å². The number of carbonyl (C=O) groups is 1. The molecule has 1 saturated heterocycles. The fourth-order valence-electron chi connectivity index (χ4n) is 2.36. The molecule has 0 bridgehead atoms. The molecule has 3 N–H and O–H groups in total. The third-order valence-electron chi connectivity index (χ3n) is 3.45. The molecule has 1 aromatic heterocycles. The van der Waals surface area contributed by atoms with E-state index in [4.69, 9.17) is 0 Å². The van der Waals surface area contributed by atoms with Crippen LogP contribution in [0.5, 0.6) is 0 Å². The summed E-state index contributed by atoms with van der Waals surface area (Å²) in [7, 11) is 0. The Morgan fingerprint density at radius 3 is 3.17 bits per heavy atom. The highest BCUT2D eigenvalue weighted by molar-refractivity contribution is 5.82. The number of hydrogen-bond donors (Lipinski definition) is 3. The topological polar surface area (TPSA) is 69.8 Å².